The van der Waals surface area contributed by atoms with Gasteiger partial charge in [-0.2, -0.15) is 11.8 Å². The van der Waals surface area contributed by atoms with E-state index in [9.17, 15) is 5.11 Å². The molecular formula is C11H20N2OS. The van der Waals surface area contributed by atoms with Crippen molar-refractivity contribution < 1.29 is 5.11 Å². The highest BCUT2D eigenvalue weighted by Gasteiger charge is 2.16. The Morgan fingerprint density at radius 1 is 1.47 bits per heavy atom. The fourth-order valence-electron chi connectivity index (χ4n) is 2.01. The molecule has 3 nitrogen and oxygen atoms in total. The first kappa shape index (κ1) is 11.5. The quantitative estimate of drug-likeness (QED) is 0.667. The van der Waals surface area contributed by atoms with Gasteiger partial charge < -0.3 is 10.4 Å². The Hall–Kier alpha value is -0.0300. The molecule has 0 bridgehead atoms. The van der Waals surface area contributed by atoms with Crippen molar-refractivity contribution in [3.63, 3.8) is 0 Å². The molecule has 86 valence electrons. The maximum atomic E-state index is 9.77. The average Bonchev–Trinajstić information content (AvgIpc) is 2.29. The molecule has 0 aromatic heterocycles. The summed E-state index contributed by atoms with van der Waals surface area (Å²) in [5.74, 6) is 2.51. The lowest BCUT2D eigenvalue weighted by Crippen LogP contribution is -2.36. The Balaban J connectivity index is 1.80. The van der Waals surface area contributed by atoms with Crippen LogP contribution in [0.25, 0.3) is 0 Å². The second kappa shape index (κ2) is 5.89. The summed E-state index contributed by atoms with van der Waals surface area (Å²) in [5, 5.41) is 13.1. The van der Waals surface area contributed by atoms with E-state index in [1.54, 1.807) is 0 Å². The second-order valence-corrected chi connectivity index (χ2v) is 5.40. The van der Waals surface area contributed by atoms with Crippen LogP contribution in [0, 0.1) is 0 Å². The van der Waals surface area contributed by atoms with Crippen molar-refractivity contribution in [3.8, 4) is 0 Å². The third-order valence-electron chi connectivity index (χ3n) is 3.07. The van der Waals surface area contributed by atoms with Gasteiger partial charge in [-0.1, -0.05) is 6.08 Å². The van der Waals surface area contributed by atoms with E-state index in [0.29, 0.717) is 0 Å². The van der Waals surface area contributed by atoms with E-state index >= 15 is 0 Å². The van der Waals surface area contributed by atoms with Crippen LogP contribution < -0.4 is 5.32 Å². The van der Waals surface area contributed by atoms with E-state index in [1.165, 1.54) is 30.2 Å². The number of hydrogen-bond donors (Lipinski definition) is 2. The van der Waals surface area contributed by atoms with Crippen LogP contribution in [-0.2, 0) is 0 Å². The lowest BCUT2D eigenvalue weighted by molar-refractivity contribution is 0.183. The molecule has 2 rings (SSSR count). The van der Waals surface area contributed by atoms with Gasteiger partial charge in [-0.25, -0.2) is 0 Å². The van der Waals surface area contributed by atoms with Crippen LogP contribution in [0.1, 0.15) is 6.42 Å². The molecule has 1 atom stereocenters. The maximum Gasteiger partial charge on any atom is 0.0775 e. The van der Waals surface area contributed by atoms with Crippen LogP contribution >= 0.6 is 11.8 Å². The van der Waals surface area contributed by atoms with Crippen molar-refractivity contribution in [1.82, 2.24) is 10.2 Å². The maximum absolute atomic E-state index is 9.77. The molecular weight excluding hydrogens is 208 g/mol. The van der Waals surface area contributed by atoms with Crippen LogP contribution in [0.2, 0.25) is 0 Å². The lowest BCUT2D eigenvalue weighted by atomic mass is 10.0. The van der Waals surface area contributed by atoms with E-state index in [-0.39, 0.29) is 6.10 Å². The van der Waals surface area contributed by atoms with Crippen molar-refractivity contribution >= 4 is 11.8 Å². The summed E-state index contributed by atoms with van der Waals surface area (Å²) < 4.78 is 0. The molecule has 15 heavy (non-hydrogen) atoms. The zero-order chi connectivity index (χ0) is 10.5. The van der Waals surface area contributed by atoms with Gasteiger partial charge in [-0.3, -0.25) is 4.90 Å². The predicted octanol–water partition coefficient (Wildman–Crippen LogP) is 0.316. The predicted molar refractivity (Wildman–Crippen MR) is 65.3 cm³/mol. The molecule has 0 saturated carbocycles. The molecule has 0 aromatic carbocycles. The van der Waals surface area contributed by atoms with E-state index in [2.05, 4.69) is 16.3 Å². The molecule has 2 aliphatic rings. The minimum Gasteiger partial charge on any atom is -0.389 e. The highest BCUT2D eigenvalue weighted by molar-refractivity contribution is 7.99. The minimum atomic E-state index is -0.203. The third kappa shape index (κ3) is 3.48. The zero-order valence-electron chi connectivity index (χ0n) is 9.11. The van der Waals surface area contributed by atoms with Crippen molar-refractivity contribution in [3.05, 3.63) is 11.6 Å². The van der Waals surface area contributed by atoms with Crippen LogP contribution in [0.4, 0.5) is 0 Å². The fourth-order valence-corrected chi connectivity index (χ4v) is 2.99. The first-order valence-corrected chi connectivity index (χ1v) is 6.89. The largest absolute Gasteiger partial charge is 0.389 e. The van der Waals surface area contributed by atoms with Crippen molar-refractivity contribution in [1.29, 1.82) is 0 Å². The number of aliphatic hydroxyl groups excluding tert-OH is 1. The summed E-state index contributed by atoms with van der Waals surface area (Å²) in [5.41, 5.74) is 1.18. The first-order chi connectivity index (χ1) is 7.36. The molecule has 0 aliphatic carbocycles. The Labute approximate surface area is 95.9 Å². The van der Waals surface area contributed by atoms with Gasteiger partial charge in [-0.15, -0.1) is 0 Å². The Bertz CT molecular complexity index is 227. The average molecular weight is 228 g/mol. The number of thioether (sulfide) groups is 1. The number of piperidine rings is 1. The van der Waals surface area contributed by atoms with E-state index in [1.807, 2.05) is 11.8 Å². The molecule has 1 unspecified atom stereocenters. The second-order valence-electron chi connectivity index (χ2n) is 4.17. The molecule has 0 spiro atoms. The summed E-state index contributed by atoms with van der Waals surface area (Å²) in [7, 11) is 0. The topological polar surface area (TPSA) is 35.5 Å². The monoisotopic (exact) mass is 228 g/mol. The van der Waals surface area contributed by atoms with Gasteiger partial charge >= 0.3 is 0 Å². The van der Waals surface area contributed by atoms with E-state index < -0.39 is 0 Å². The summed E-state index contributed by atoms with van der Waals surface area (Å²) >= 11 is 2.04. The highest BCUT2D eigenvalue weighted by atomic mass is 32.2. The van der Waals surface area contributed by atoms with Crippen molar-refractivity contribution in [2.75, 3.05) is 44.2 Å². The molecule has 2 aliphatic heterocycles. The molecule has 2 N–H and O–H groups in total. The van der Waals surface area contributed by atoms with Gasteiger partial charge in [0.05, 0.1) is 6.10 Å². The van der Waals surface area contributed by atoms with Gasteiger partial charge in [0.1, 0.15) is 0 Å². The third-order valence-corrected chi connectivity index (χ3v) is 4.01. The molecule has 0 aromatic rings. The number of nitrogens with one attached hydrogen (secondary N) is 1. The zero-order valence-corrected chi connectivity index (χ0v) is 9.93. The SMILES string of the molecule is OC1CCNC/C1=C\CN1CCSCC1. The summed E-state index contributed by atoms with van der Waals surface area (Å²) in [6.07, 6.45) is 2.87. The molecule has 2 saturated heterocycles. The van der Waals surface area contributed by atoms with Gasteiger partial charge in [0, 0.05) is 37.7 Å². The first-order valence-electron chi connectivity index (χ1n) is 5.74. The van der Waals surface area contributed by atoms with Crippen LogP contribution in [0.5, 0.6) is 0 Å². The van der Waals surface area contributed by atoms with Gasteiger partial charge in [0.15, 0.2) is 0 Å². The van der Waals surface area contributed by atoms with Crippen LogP contribution in [-0.4, -0.2) is 60.3 Å². The molecule has 2 fully saturated rings. The van der Waals surface area contributed by atoms with Gasteiger partial charge in [0.25, 0.3) is 0 Å². The molecule has 2 heterocycles. The summed E-state index contributed by atoms with van der Waals surface area (Å²) in [6, 6.07) is 0. The molecule has 4 heteroatoms. The molecule has 0 radical (unpaired) electrons. The van der Waals surface area contributed by atoms with E-state index in [0.717, 1.165) is 26.1 Å². The Morgan fingerprint density at radius 2 is 2.27 bits per heavy atom. The highest BCUT2D eigenvalue weighted by Crippen LogP contribution is 2.12. The smallest absolute Gasteiger partial charge is 0.0775 e. The number of hydrogen-bond acceptors (Lipinski definition) is 4. The fraction of sp³-hybridized carbons (Fsp3) is 0.818. The van der Waals surface area contributed by atoms with E-state index in [4.69, 9.17) is 0 Å². The number of rotatable bonds is 2. The minimum absolute atomic E-state index is 0.203. The number of aliphatic hydroxyl groups is 1. The Kier molecular flexibility index (Phi) is 4.50. The summed E-state index contributed by atoms with van der Waals surface area (Å²) in [6.45, 7) is 5.20. The van der Waals surface area contributed by atoms with Crippen LogP contribution in [0.3, 0.4) is 0 Å². The van der Waals surface area contributed by atoms with Crippen molar-refractivity contribution in [2.45, 2.75) is 12.5 Å². The molecule has 0 amide bonds. The Morgan fingerprint density at radius 3 is 3.00 bits per heavy atom. The van der Waals surface area contributed by atoms with Crippen LogP contribution in [0.15, 0.2) is 11.6 Å². The number of nitrogens with zero attached hydrogens (tertiary/aromatic N) is 1. The normalized spacial score (nSPS) is 32.1. The standard InChI is InChI=1S/C11H20N2OS/c14-11-1-3-12-9-10(11)2-4-13-5-7-15-8-6-13/h2,11-12,14H,1,3-9H2/b10-2+. The lowest BCUT2D eigenvalue weighted by Gasteiger charge is -2.27. The van der Waals surface area contributed by atoms with Gasteiger partial charge in [0.2, 0.25) is 0 Å². The van der Waals surface area contributed by atoms with Crippen molar-refractivity contribution in [2.24, 2.45) is 0 Å². The van der Waals surface area contributed by atoms with Gasteiger partial charge in [-0.05, 0) is 18.5 Å². The summed E-state index contributed by atoms with van der Waals surface area (Å²) in [4.78, 5) is 2.46.